The molecule has 0 spiro atoms. The molecular formula is C17H18BrNO3. The van der Waals surface area contributed by atoms with E-state index in [2.05, 4.69) is 20.9 Å². The number of rotatable bonds is 6. The average molecular weight is 364 g/mol. The van der Waals surface area contributed by atoms with Crippen molar-refractivity contribution in [2.45, 2.75) is 19.8 Å². The largest absolute Gasteiger partial charge is 0.497 e. The minimum Gasteiger partial charge on any atom is -0.497 e. The van der Waals surface area contributed by atoms with Crippen molar-refractivity contribution in [1.82, 2.24) is 4.98 Å². The van der Waals surface area contributed by atoms with E-state index >= 15 is 0 Å². The summed E-state index contributed by atoms with van der Waals surface area (Å²) in [5, 5.41) is 0. The Morgan fingerprint density at radius 1 is 1.23 bits per heavy atom. The van der Waals surface area contributed by atoms with Crippen molar-refractivity contribution >= 4 is 21.9 Å². The van der Waals surface area contributed by atoms with Crippen molar-refractivity contribution in [3.05, 3.63) is 57.8 Å². The number of hydrogen-bond acceptors (Lipinski definition) is 4. The number of carbonyl (C=O) groups excluding carboxylic acids is 1. The zero-order valence-electron chi connectivity index (χ0n) is 12.6. The molecule has 0 fully saturated rings. The van der Waals surface area contributed by atoms with Crippen LogP contribution in [0.2, 0.25) is 0 Å². The summed E-state index contributed by atoms with van der Waals surface area (Å²) < 4.78 is 11.1. The Morgan fingerprint density at radius 2 is 1.95 bits per heavy atom. The fourth-order valence-corrected chi connectivity index (χ4v) is 2.50. The van der Waals surface area contributed by atoms with Gasteiger partial charge in [0.15, 0.2) is 5.69 Å². The highest BCUT2D eigenvalue weighted by molar-refractivity contribution is 9.10. The Morgan fingerprint density at radius 3 is 2.59 bits per heavy atom. The van der Waals surface area contributed by atoms with Crippen molar-refractivity contribution < 1.29 is 14.3 Å². The summed E-state index contributed by atoms with van der Waals surface area (Å²) in [7, 11) is 1.65. The second-order valence-electron chi connectivity index (χ2n) is 4.73. The third kappa shape index (κ3) is 4.31. The highest BCUT2D eigenvalue weighted by Crippen LogP contribution is 2.18. The second-order valence-corrected chi connectivity index (χ2v) is 5.65. The maximum atomic E-state index is 12.0. The fourth-order valence-electron chi connectivity index (χ4n) is 2.13. The summed E-state index contributed by atoms with van der Waals surface area (Å²) in [4.78, 5) is 16.2. The first-order valence-corrected chi connectivity index (χ1v) is 7.87. The van der Waals surface area contributed by atoms with Gasteiger partial charge in [-0.2, -0.15) is 0 Å². The van der Waals surface area contributed by atoms with Crippen LogP contribution in [0.1, 0.15) is 28.5 Å². The van der Waals surface area contributed by atoms with Crippen LogP contribution in [0.15, 0.2) is 41.0 Å². The van der Waals surface area contributed by atoms with Gasteiger partial charge in [0.2, 0.25) is 0 Å². The number of halogens is 1. The molecule has 0 amide bonds. The first-order valence-electron chi connectivity index (χ1n) is 7.08. The van der Waals surface area contributed by atoms with E-state index in [0.717, 1.165) is 22.2 Å². The number of esters is 1. The van der Waals surface area contributed by atoms with Crippen LogP contribution in [0.5, 0.6) is 5.75 Å². The molecule has 0 aliphatic carbocycles. The third-order valence-electron chi connectivity index (χ3n) is 3.24. The molecule has 22 heavy (non-hydrogen) atoms. The van der Waals surface area contributed by atoms with Crippen LogP contribution in [-0.4, -0.2) is 24.7 Å². The maximum Gasteiger partial charge on any atom is 0.357 e. The number of benzene rings is 1. The van der Waals surface area contributed by atoms with Gasteiger partial charge in [-0.05, 0) is 65.0 Å². The molecule has 116 valence electrons. The molecule has 0 saturated carbocycles. The first-order chi connectivity index (χ1) is 10.6. The molecule has 2 aromatic rings. The number of ether oxygens (including phenoxy) is 2. The predicted octanol–water partition coefficient (Wildman–Crippen LogP) is 3.81. The van der Waals surface area contributed by atoms with Gasteiger partial charge in [-0.25, -0.2) is 9.78 Å². The standard InChI is InChI=1S/C17H18BrNO3/c1-3-22-17(20)16-13(10-14(18)11-19-16)7-4-12-5-8-15(21-2)9-6-12/h5-6,8-11H,3-4,7H2,1-2H3. The van der Waals surface area contributed by atoms with E-state index in [0.29, 0.717) is 18.7 Å². The molecule has 0 bridgehead atoms. The summed E-state index contributed by atoms with van der Waals surface area (Å²) in [6.45, 7) is 2.13. The van der Waals surface area contributed by atoms with E-state index in [1.165, 1.54) is 5.56 Å². The molecule has 4 nitrogen and oxygen atoms in total. The lowest BCUT2D eigenvalue weighted by Gasteiger charge is -2.09. The molecule has 2 rings (SSSR count). The minimum atomic E-state index is -0.375. The highest BCUT2D eigenvalue weighted by Gasteiger charge is 2.14. The molecule has 0 N–H and O–H groups in total. The van der Waals surface area contributed by atoms with Gasteiger partial charge in [0, 0.05) is 10.7 Å². The molecule has 0 aliphatic rings. The van der Waals surface area contributed by atoms with Crippen LogP contribution in [0, 0.1) is 0 Å². The van der Waals surface area contributed by atoms with E-state index in [-0.39, 0.29) is 5.97 Å². The molecule has 5 heteroatoms. The molecule has 0 radical (unpaired) electrons. The van der Waals surface area contributed by atoms with Crippen LogP contribution in [0.3, 0.4) is 0 Å². The molecule has 0 aliphatic heterocycles. The molecule has 0 atom stereocenters. The summed E-state index contributed by atoms with van der Waals surface area (Å²) in [6.07, 6.45) is 3.14. The average Bonchev–Trinajstić information content (AvgIpc) is 2.53. The zero-order chi connectivity index (χ0) is 15.9. The zero-order valence-corrected chi connectivity index (χ0v) is 14.2. The summed E-state index contributed by atoms with van der Waals surface area (Å²) in [5.74, 6) is 0.458. The van der Waals surface area contributed by atoms with E-state index in [9.17, 15) is 4.79 Å². The molecule has 1 aromatic heterocycles. The Labute approximate surface area is 138 Å². The smallest absolute Gasteiger partial charge is 0.357 e. The van der Waals surface area contributed by atoms with E-state index in [1.807, 2.05) is 30.3 Å². The quantitative estimate of drug-likeness (QED) is 0.732. The number of methoxy groups -OCH3 is 1. The summed E-state index contributed by atoms with van der Waals surface area (Å²) in [5.41, 5.74) is 2.44. The van der Waals surface area contributed by atoms with Crippen LogP contribution in [0.4, 0.5) is 0 Å². The summed E-state index contributed by atoms with van der Waals surface area (Å²) in [6, 6.07) is 9.83. The monoisotopic (exact) mass is 363 g/mol. The van der Waals surface area contributed by atoms with Crippen molar-refractivity contribution in [3.8, 4) is 5.75 Å². The SMILES string of the molecule is CCOC(=O)c1ncc(Br)cc1CCc1ccc(OC)cc1. The third-order valence-corrected chi connectivity index (χ3v) is 3.68. The van der Waals surface area contributed by atoms with E-state index in [4.69, 9.17) is 9.47 Å². The van der Waals surface area contributed by atoms with Gasteiger partial charge in [-0.15, -0.1) is 0 Å². The number of aromatic nitrogens is 1. The van der Waals surface area contributed by atoms with Gasteiger partial charge in [-0.1, -0.05) is 12.1 Å². The number of carbonyl (C=O) groups is 1. The highest BCUT2D eigenvalue weighted by atomic mass is 79.9. The lowest BCUT2D eigenvalue weighted by Crippen LogP contribution is -2.11. The number of nitrogens with zero attached hydrogens (tertiary/aromatic N) is 1. The Bertz CT molecular complexity index is 641. The van der Waals surface area contributed by atoms with Crippen LogP contribution >= 0.6 is 15.9 Å². The van der Waals surface area contributed by atoms with Gasteiger partial charge in [0.05, 0.1) is 13.7 Å². The number of aryl methyl sites for hydroxylation is 2. The van der Waals surface area contributed by atoms with Crippen molar-refractivity contribution in [2.75, 3.05) is 13.7 Å². The first kappa shape index (κ1) is 16.5. The van der Waals surface area contributed by atoms with Gasteiger partial charge in [0.25, 0.3) is 0 Å². The predicted molar refractivity (Wildman–Crippen MR) is 88.3 cm³/mol. The lowest BCUT2D eigenvalue weighted by molar-refractivity contribution is 0.0518. The molecule has 0 unspecified atom stereocenters. The van der Waals surface area contributed by atoms with Gasteiger partial charge < -0.3 is 9.47 Å². The molecule has 1 aromatic carbocycles. The second kappa shape index (κ2) is 7.94. The minimum absolute atomic E-state index is 0.342. The van der Waals surface area contributed by atoms with E-state index in [1.54, 1.807) is 20.2 Å². The van der Waals surface area contributed by atoms with Gasteiger partial charge >= 0.3 is 5.97 Å². The Balaban J connectivity index is 2.13. The molecule has 0 saturated heterocycles. The Kier molecular flexibility index (Phi) is 5.95. The fraction of sp³-hybridized carbons (Fsp3) is 0.294. The topological polar surface area (TPSA) is 48.4 Å². The lowest BCUT2D eigenvalue weighted by atomic mass is 10.0. The normalized spacial score (nSPS) is 10.3. The number of pyridine rings is 1. The maximum absolute atomic E-state index is 12.0. The van der Waals surface area contributed by atoms with Crippen LogP contribution in [0.25, 0.3) is 0 Å². The van der Waals surface area contributed by atoms with Crippen molar-refractivity contribution in [3.63, 3.8) is 0 Å². The van der Waals surface area contributed by atoms with Crippen LogP contribution in [-0.2, 0) is 17.6 Å². The Hall–Kier alpha value is -1.88. The molecular weight excluding hydrogens is 346 g/mol. The molecule has 1 heterocycles. The summed E-state index contributed by atoms with van der Waals surface area (Å²) >= 11 is 3.40. The van der Waals surface area contributed by atoms with Crippen molar-refractivity contribution in [2.24, 2.45) is 0 Å². The van der Waals surface area contributed by atoms with Gasteiger partial charge in [0.1, 0.15) is 5.75 Å². The van der Waals surface area contributed by atoms with Crippen molar-refractivity contribution in [1.29, 1.82) is 0 Å². The van der Waals surface area contributed by atoms with Crippen LogP contribution < -0.4 is 4.74 Å². The number of hydrogen-bond donors (Lipinski definition) is 0. The van der Waals surface area contributed by atoms with Gasteiger partial charge in [-0.3, -0.25) is 0 Å². The van der Waals surface area contributed by atoms with E-state index < -0.39 is 0 Å².